The van der Waals surface area contributed by atoms with Crippen LogP contribution < -0.4 is 5.32 Å². The molecular formula is C24H22F4N2O2. The molecule has 8 heteroatoms. The van der Waals surface area contributed by atoms with Crippen LogP contribution in [0.4, 0.5) is 23.2 Å². The minimum atomic E-state index is -3.77. The zero-order chi connectivity index (χ0) is 23.2. The van der Waals surface area contributed by atoms with E-state index in [4.69, 9.17) is 0 Å². The van der Waals surface area contributed by atoms with Crippen molar-refractivity contribution in [3.63, 3.8) is 0 Å². The van der Waals surface area contributed by atoms with E-state index < -0.39 is 34.7 Å². The monoisotopic (exact) mass is 446 g/mol. The molecule has 1 saturated carbocycles. The molecule has 0 aromatic heterocycles. The van der Waals surface area contributed by atoms with E-state index in [2.05, 4.69) is 11.9 Å². The Kier molecular flexibility index (Phi) is 5.56. The van der Waals surface area contributed by atoms with Gasteiger partial charge in [-0.15, -0.1) is 0 Å². The quantitative estimate of drug-likeness (QED) is 0.655. The molecule has 1 N–H and O–H groups in total. The van der Waals surface area contributed by atoms with Crippen molar-refractivity contribution in [1.29, 1.82) is 0 Å². The number of carbonyl (C=O) groups is 2. The van der Waals surface area contributed by atoms with Crippen LogP contribution in [0.1, 0.15) is 34.3 Å². The van der Waals surface area contributed by atoms with Crippen molar-refractivity contribution in [3.05, 3.63) is 77.0 Å². The number of nitrogens with one attached hydrogen (secondary N) is 1. The third-order valence-corrected chi connectivity index (χ3v) is 6.28. The summed E-state index contributed by atoms with van der Waals surface area (Å²) in [6.45, 7) is 5.30. The van der Waals surface area contributed by atoms with Gasteiger partial charge in [0.2, 0.25) is 0 Å². The van der Waals surface area contributed by atoms with Crippen LogP contribution in [0.5, 0.6) is 0 Å². The number of hydrogen-bond acceptors (Lipinski definition) is 3. The average Bonchev–Trinajstić information content (AvgIpc) is 2.96. The van der Waals surface area contributed by atoms with Gasteiger partial charge in [0.05, 0.1) is 11.3 Å². The number of alkyl halides is 2. The highest BCUT2D eigenvalue weighted by molar-refractivity contribution is 6.04. The van der Waals surface area contributed by atoms with Crippen molar-refractivity contribution in [2.45, 2.75) is 25.7 Å². The zero-order valence-electron chi connectivity index (χ0n) is 17.4. The van der Waals surface area contributed by atoms with Gasteiger partial charge in [0.25, 0.3) is 5.91 Å². The van der Waals surface area contributed by atoms with Gasteiger partial charge in [0, 0.05) is 36.2 Å². The van der Waals surface area contributed by atoms with E-state index in [1.54, 1.807) is 0 Å². The summed E-state index contributed by atoms with van der Waals surface area (Å²) in [5.74, 6) is -6.63. The molecule has 4 rings (SSSR count). The summed E-state index contributed by atoms with van der Waals surface area (Å²) in [6.07, 6.45) is 1.32. The first-order chi connectivity index (χ1) is 15.1. The van der Waals surface area contributed by atoms with Crippen LogP contribution in [-0.2, 0) is 10.7 Å². The Balaban J connectivity index is 1.57. The number of aryl methyl sites for hydroxylation is 1. The van der Waals surface area contributed by atoms with E-state index >= 15 is 8.78 Å². The number of halogens is 4. The van der Waals surface area contributed by atoms with Gasteiger partial charge in [-0.05, 0) is 61.7 Å². The van der Waals surface area contributed by atoms with Crippen molar-refractivity contribution in [3.8, 4) is 0 Å². The molecule has 0 radical (unpaired) electrons. The Morgan fingerprint density at radius 3 is 2.31 bits per heavy atom. The second kappa shape index (κ2) is 8.07. The third kappa shape index (κ3) is 3.89. The Morgan fingerprint density at radius 2 is 1.69 bits per heavy atom. The smallest absolute Gasteiger partial charge is 0.314 e. The molecule has 2 bridgehead atoms. The van der Waals surface area contributed by atoms with Crippen molar-refractivity contribution in [2.75, 3.05) is 18.4 Å². The lowest BCUT2D eigenvalue weighted by atomic mass is 9.94. The van der Waals surface area contributed by atoms with E-state index in [0.29, 0.717) is 18.4 Å². The fourth-order valence-electron chi connectivity index (χ4n) is 4.40. The van der Waals surface area contributed by atoms with Crippen LogP contribution in [0.2, 0.25) is 0 Å². The molecule has 2 atom stereocenters. The number of likely N-dealkylation sites (tertiary alicyclic amines) is 1. The van der Waals surface area contributed by atoms with Crippen LogP contribution in [0.15, 0.2) is 48.7 Å². The average molecular weight is 446 g/mol. The zero-order valence-corrected chi connectivity index (χ0v) is 17.4. The predicted molar refractivity (Wildman–Crippen MR) is 111 cm³/mol. The molecule has 32 heavy (non-hydrogen) atoms. The van der Waals surface area contributed by atoms with Gasteiger partial charge in [0.15, 0.2) is 0 Å². The molecule has 1 aliphatic carbocycles. The van der Waals surface area contributed by atoms with Gasteiger partial charge in [-0.3, -0.25) is 9.59 Å². The summed E-state index contributed by atoms with van der Waals surface area (Å²) in [4.78, 5) is 26.0. The summed E-state index contributed by atoms with van der Waals surface area (Å²) < 4.78 is 58.5. The molecule has 2 unspecified atom stereocenters. The highest BCUT2D eigenvalue weighted by atomic mass is 19.3. The summed E-state index contributed by atoms with van der Waals surface area (Å²) in [6, 6.07) is 6.63. The van der Waals surface area contributed by atoms with Crippen LogP contribution in [-0.4, -0.2) is 29.7 Å². The number of amides is 1. The Bertz CT molecular complexity index is 1100. The van der Waals surface area contributed by atoms with Crippen molar-refractivity contribution < 1.29 is 27.2 Å². The maximum absolute atomic E-state index is 15.3. The largest absolute Gasteiger partial charge is 0.369 e. The van der Waals surface area contributed by atoms with Gasteiger partial charge in [-0.1, -0.05) is 6.58 Å². The molecule has 4 nitrogen and oxygen atoms in total. The first-order valence-electron chi connectivity index (χ1n) is 10.3. The lowest BCUT2D eigenvalue weighted by Gasteiger charge is -2.37. The molecule has 1 amide bonds. The molecule has 2 aliphatic rings. The Labute approximate surface area is 182 Å². The van der Waals surface area contributed by atoms with Crippen molar-refractivity contribution in [1.82, 2.24) is 4.90 Å². The van der Waals surface area contributed by atoms with Gasteiger partial charge < -0.3 is 10.2 Å². The standard InChI is InChI=1S/C24H22F4N2O2/c1-13-9-18(6-8-20(13)25)29-23(32)15-5-7-21(26)19(10-15)24(27,28)14(2)30-11-16-3-4-17(12-30)22(16)31/h5-10,16-17H,2-4,11-12H2,1H3,(H,29,32). The summed E-state index contributed by atoms with van der Waals surface area (Å²) >= 11 is 0. The van der Waals surface area contributed by atoms with E-state index in [9.17, 15) is 18.4 Å². The first kappa shape index (κ1) is 22.0. The molecule has 1 heterocycles. The summed E-state index contributed by atoms with van der Waals surface area (Å²) in [5, 5.41) is 2.50. The first-order valence-corrected chi connectivity index (χ1v) is 10.3. The minimum absolute atomic E-state index is 0.0956. The third-order valence-electron chi connectivity index (χ3n) is 6.28. The lowest BCUT2D eigenvalue weighted by molar-refractivity contribution is -0.127. The van der Waals surface area contributed by atoms with E-state index in [-0.39, 0.29) is 42.0 Å². The minimum Gasteiger partial charge on any atom is -0.369 e. The number of Topliss-reactive ketones (excluding diaryl/α,β-unsaturated/α-hetero) is 1. The molecular weight excluding hydrogens is 424 g/mol. The van der Waals surface area contributed by atoms with Crippen molar-refractivity contribution in [2.24, 2.45) is 11.8 Å². The number of rotatable bonds is 5. The normalized spacial score (nSPS) is 20.4. The van der Waals surface area contributed by atoms with Crippen molar-refractivity contribution >= 4 is 17.4 Å². The second-order valence-corrected chi connectivity index (χ2v) is 8.41. The maximum Gasteiger partial charge on any atom is 0.314 e. The highest BCUT2D eigenvalue weighted by Gasteiger charge is 2.47. The van der Waals surface area contributed by atoms with E-state index in [1.807, 2.05) is 0 Å². The number of hydrogen-bond donors (Lipinski definition) is 1. The van der Waals surface area contributed by atoms with Gasteiger partial charge in [-0.2, -0.15) is 8.78 Å². The Morgan fingerprint density at radius 1 is 1.06 bits per heavy atom. The number of fused-ring (bicyclic) bond motifs is 2. The Hall–Kier alpha value is -3.16. The fraction of sp³-hybridized carbons (Fsp3) is 0.333. The molecule has 1 aliphatic heterocycles. The summed E-state index contributed by atoms with van der Waals surface area (Å²) in [7, 11) is 0. The second-order valence-electron chi connectivity index (χ2n) is 8.41. The molecule has 1 saturated heterocycles. The number of ketones is 1. The molecule has 168 valence electrons. The number of nitrogens with zero attached hydrogens (tertiary/aromatic N) is 1. The summed E-state index contributed by atoms with van der Waals surface area (Å²) in [5.41, 5.74) is -1.14. The van der Waals surface area contributed by atoms with Gasteiger partial charge in [0.1, 0.15) is 17.4 Å². The lowest BCUT2D eigenvalue weighted by Crippen LogP contribution is -2.44. The van der Waals surface area contributed by atoms with E-state index in [1.165, 1.54) is 30.0 Å². The number of benzene rings is 2. The number of allylic oxidation sites excluding steroid dienone is 1. The van der Waals surface area contributed by atoms with Crippen LogP contribution >= 0.6 is 0 Å². The van der Waals surface area contributed by atoms with Gasteiger partial charge >= 0.3 is 5.92 Å². The topological polar surface area (TPSA) is 49.4 Å². The molecule has 2 fully saturated rings. The van der Waals surface area contributed by atoms with E-state index in [0.717, 1.165) is 18.2 Å². The predicted octanol–water partition coefficient (Wildman–Crippen LogP) is 5.04. The maximum atomic E-state index is 15.3. The van der Waals surface area contributed by atoms with Gasteiger partial charge in [-0.25, -0.2) is 8.78 Å². The number of piperidine rings is 1. The fourth-order valence-corrected chi connectivity index (χ4v) is 4.40. The van der Waals surface area contributed by atoms with Crippen LogP contribution in [0.25, 0.3) is 0 Å². The number of anilines is 1. The molecule has 2 aromatic rings. The van der Waals surface area contributed by atoms with Crippen LogP contribution in [0, 0.1) is 30.4 Å². The highest BCUT2D eigenvalue weighted by Crippen LogP contribution is 2.42. The molecule has 0 spiro atoms. The molecule has 2 aromatic carbocycles. The van der Waals surface area contributed by atoms with Crippen LogP contribution in [0.3, 0.4) is 0 Å². The number of carbonyl (C=O) groups excluding carboxylic acids is 2. The SMILES string of the molecule is C=C(N1CC2CCC(C1)C2=O)C(F)(F)c1cc(C(=O)Nc2ccc(F)c(C)c2)ccc1F.